The molecule has 8 nitrogen and oxygen atoms in total. The van der Waals surface area contributed by atoms with Gasteiger partial charge >= 0.3 is 0 Å². The van der Waals surface area contributed by atoms with E-state index in [4.69, 9.17) is 11.5 Å². The van der Waals surface area contributed by atoms with Crippen molar-refractivity contribution in [1.82, 2.24) is 20.7 Å². The van der Waals surface area contributed by atoms with Crippen LogP contribution in [0, 0.1) is 5.92 Å². The van der Waals surface area contributed by atoms with Crippen LogP contribution in [0.25, 0.3) is 16.6 Å². The molecule has 7 N–H and O–H groups in total. The van der Waals surface area contributed by atoms with Crippen LogP contribution in [-0.4, -0.2) is 22.9 Å². The molecule has 0 aliphatic rings. The Kier molecular flexibility index (Phi) is 8.02. The number of rotatable bonds is 9. The Balaban J connectivity index is 1.87. The Labute approximate surface area is 194 Å². The first-order valence-electron chi connectivity index (χ1n) is 10.7. The van der Waals surface area contributed by atoms with Gasteiger partial charge in [0.05, 0.1) is 16.7 Å². The van der Waals surface area contributed by atoms with E-state index in [-0.39, 0.29) is 0 Å². The van der Waals surface area contributed by atoms with Gasteiger partial charge in [0.15, 0.2) is 0 Å². The Hall–Kier alpha value is -4.33. The molecular formula is C25H30N8. The molecule has 2 aromatic heterocycles. The molecule has 0 saturated heterocycles. The molecule has 3 rings (SSSR count). The second-order valence-corrected chi connectivity index (χ2v) is 7.57. The Morgan fingerprint density at radius 3 is 2.55 bits per heavy atom. The van der Waals surface area contributed by atoms with Crippen molar-refractivity contribution in [3.8, 4) is 0 Å². The lowest BCUT2D eigenvalue weighted by Gasteiger charge is -2.11. The topological polar surface area (TPSA) is 126 Å². The van der Waals surface area contributed by atoms with E-state index in [9.17, 15) is 0 Å². The van der Waals surface area contributed by atoms with E-state index in [0.717, 1.165) is 33.4 Å². The third-order valence-corrected chi connectivity index (χ3v) is 4.81. The molecule has 0 fully saturated rings. The highest BCUT2D eigenvalue weighted by Gasteiger charge is 2.10. The summed E-state index contributed by atoms with van der Waals surface area (Å²) in [5, 5.41) is 3.04. The Morgan fingerprint density at radius 1 is 1.06 bits per heavy atom. The average Bonchev–Trinajstić information content (AvgIpc) is 2.82. The molecule has 33 heavy (non-hydrogen) atoms. The normalized spacial score (nSPS) is 13.0. The van der Waals surface area contributed by atoms with Crippen LogP contribution in [0.4, 0.5) is 11.5 Å². The van der Waals surface area contributed by atoms with Gasteiger partial charge in [-0.15, -0.1) is 0 Å². The van der Waals surface area contributed by atoms with Crippen molar-refractivity contribution in [2.45, 2.75) is 13.8 Å². The molecule has 170 valence electrons. The number of hydrazine groups is 1. The fourth-order valence-electron chi connectivity index (χ4n) is 3.09. The molecule has 0 amide bonds. The highest BCUT2D eigenvalue weighted by atomic mass is 15.4. The molecule has 0 saturated carbocycles. The fraction of sp³-hybridized carbons (Fsp3) is 0.160. The van der Waals surface area contributed by atoms with Crippen molar-refractivity contribution >= 4 is 33.9 Å². The number of nitrogens with one attached hydrogen (secondary N) is 3. The van der Waals surface area contributed by atoms with Crippen LogP contribution >= 0.6 is 0 Å². The van der Waals surface area contributed by atoms with Gasteiger partial charge in [-0.2, -0.15) is 0 Å². The van der Waals surface area contributed by atoms with E-state index < -0.39 is 0 Å². The van der Waals surface area contributed by atoms with Crippen LogP contribution in [0.15, 0.2) is 90.0 Å². The lowest BCUT2D eigenvalue weighted by molar-refractivity contribution is 0.778. The first-order valence-corrected chi connectivity index (χ1v) is 10.7. The van der Waals surface area contributed by atoms with Gasteiger partial charge in [0.25, 0.3) is 0 Å². The third kappa shape index (κ3) is 6.33. The zero-order valence-electron chi connectivity index (χ0n) is 19.1. The number of para-hydroxylation sites is 1. The summed E-state index contributed by atoms with van der Waals surface area (Å²) in [6.45, 7) is 4.19. The molecule has 3 aromatic rings. The summed E-state index contributed by atoms with van der Waals surface area (Å²) in [6, 6.07) is 15.3. The number of benzene rings is 1. The molecule has 0 bridgehead atoms. The first-order chi connectivity index (χ1) is 16.0. The summed E-state index contributed by atoms with van der Waals surface area (Å²) in [6.07, 6.45) is 8.82. The number of amidine groups is 1. The van der Waals surface area contributed by atoms with Gasteiger partial charge in [-0.25, -0.2) is 9.98 Å². The number of hydrogen-bond acceptors (Lipinski definition) is 7. The maximum absolute atomic E-state index is 6.34. The van der Waals surface area contributed by atoms with Crippen LogP contribution < -0.4 is 27.6 Å². The number of pyridine rings is 2. The molecule has 0 unspecified atom stereocenters. The number of fused-ring (bicyclic) bond motifs is 1. The van der Waals surface area contributed by atoms with Gasteiger partial charge in [-0.3, -0.25) is 10.4 Å². The zero-order valence-corrected chi connectivity index (χ0v) is 19.1. The smallest absolute Gasteiger partial charge is 0.145 e. The maximum atomic E-state index is 6.34. The highest BCUT2D eigenvalue weighted by molar-refractivity contribution is 6.22. The Morgan fingerprint density at radius 2 is 1.85 bits per heavy atom. The van der Waals surface area contributed by atoms with Gasteiger partial charge in [-0.1, -0.05) is 32.0 Å². The van der Waals surface area contributed by atoms with Crippen molar-refractivity contribution in [3.05, 3.63) is 90.5 Å². The van der Waals surface area contributed by atoms with E-state index in [1.54, 1.807) is 12.4 Å². The number of nitrogens with two attached hydrogens (primary N) is 2. The van der Waals surface area contributed by atoms with Crippen molar-refractivity contribution in [2.75, 3.05) is 12.5 Å². The van der Waals surface area contributed by atoms with Crippen molar-refractivity contribution in [1.29, 1.82) is 0 Å². The molecule has 0 spiro atoms. The van der Waals surface area contributed by atoms with Crippen LogP contribution in [0.5, 0.6) is 0 Å². The molecule has 1 aromatic carbocycles. The average molecular weight is 443 g/mol. The van der Waals surface area contributed by atoms with Crippen LogP contribution in [-0.2, 0) is 0 Å². The quantitative estimate of drug-likeness (QED) is 0.148. The summed E-state index contributed by atoms with van der Waals surface area (Å²) in [5.41, 5.74) is 22.9. The molecule has 0 radical (unpaired) electrons. The fourth-order valence-corrected chi connectivity index (χ4v) is 3.09. The van der Waals surface area contributed by atoms with E-state index in [1.165, 1.54) is 6.20 Å². The molecular weight excluding hydrogens is 412 g/mol. The van der Waals surface area contributed by atoms with Gasteiger partial charge < -0.3 is 22.2 Å². The second-order valence-electron chi connectivity index (χ2n) is 7.57. The highest BCUT2D eigenvalue weighted by Crippen LogP contribution is 2.21. The van der Waals surface area contributed by atoms with Crippen molar-refractivity contribution in [3.63, 3.8) is 0 Å². The number of allylic oxidation sites excluding steroid dienone is 2. The Bertz CT molecular complexity index is 1190. The minimum atomic E-state index is 0.329. The monoisotopic (exact) mass is 442 g/mol. The molecule has 0 aliphatic heterocycles. The van der Waals surface area contributed by atoms with Crippen LogP contribution in [0.2, 0.25) is 0 Å². The van der Waals surface area contributed by atoms with Gasteiger partial charge in [0.2, 0.25) is 0 Å². The van der Waals surface area contributed by atoms with Crippen molar-refractivity contribution in [2.24, 2.45) is 22.4 Å². The SMILES string of the molecule is CN/C=C(\C(N)=Nc1ccccc1)c1cnc2ccc(NN/C=C(\C=C/N)C(C)C)nc2c1. The maximum Gasteiger partial charge on any atom is 0.145 e. The molecule has 0 aliphatic carbocycles. The lowest BCUT2D eigenvalue weighted by Crippen LogP contribution is -2.17. The molecule has 0 atom stereocenters. The van der Waals surface area contributed by atoms with Crippen LogP contribution in [0.1, 0.15) is 19.4 Å². The molecule has 8 heteroatoms. The largest absolute Gasteiger partial charge is 0.405 e. The summed E-state index contributed by atoms with van der Waals surface area (Å²) < 4.78 is 0. The number of anilines is 1. The second kappa shape index (κ2) is 11.3. The number of hydrogen-bond donors (Lipinski definition) is 5. The van der Waals surface area contributed by atoms with Crippen molar-refractivity contribution < 1.29 is 0 Å². The number of nitrogens with zero attached hydrogens (tertiary/aromatic N) is 3. The predicted octanol–water partition coefficient (Wildman–Crippen LogP) is 3.81. The predicted molar refractivity (Wildman–Crippen MR) is 137 cm³/mol. The lowest BCUT2D eigenvalue weighted by atomic mass is 10.1. The minimum absolute atomic E-state index is 0.329. The third-order valence-electron chi connectivity index (χ3n) is 4.81. The van der Waals surface area contributed by atoms with E-state index in [2.05, 4.69) is 45.0 Å². The zero-order chi connectivity index (χ0) is 23.6. The summed E-state index contributed by atoms with van der Waals surface area (Å²) in [7, 11) is 1.81. The van der Waals surface area contributed by atoms with E-state index in [0.29, 0.717) is 17.6 Å². The standard InChI is InChI=1S/C25H30N8/c1-17(2)18(11-12-26)15-30-33-24-10-9-22-23(32-24)13-19(14-29-22)21(16-28-3)25(27)31-20-7-5-4-6-8-20/h4-17,28,30H,26H2,1-3H3,(H2,27,31)(H,32,33)/b12-11-,18-15+,21-16-. The van der Waals surface area contributed by atoms with E-state index in [1.807, 2.05) is 67.9 Å². The van der Waals surface area contributed by atoms with Gasteiger partial charge in [0.1, 0.15) is 11.7 Å². The summed E-state index contributed by atoms with van der Waals surface area (Å²) in [4.78, 5) is 13.8. The van der Waals surface area contributed by atoms with Gasteiger partial charge in [-0.05, 0) is 54.1 Å². The van der Waals surface area contributed by atoms with Gasteiger partial charge in [0, 0.05) is 36.8 Å². The first kappa shape index (κ1) is 23.3. The summed E-state index contributed by atoms with van der Waals surface area (Å²) >= 11 is 0. The number of aromatic nitrogens is 2. The summed E-state index contributed by atoms with van der Waals surface area (Å²) in [5.74, 6) is 1.37. The van der Waals surface area contributed by atoms with E-state index >= 15 is 0 Å². The molecule has 2 heterocycles. The minimum Gasteiger partial charge on any atom is -0.405 e. The number of aliphatic imine (C=N–C) groups is 1. The van der Waals surface area contributed by atoms with Crippen LogP contribution in [0.3, 0.4) is 0 Å².